The van der Waals surface area contributed by atoms with Crippen LogP contribution in [-0.2, 0) is 0 Å². The number of hydrogen-bond donors (Lipinski definition) is 0. The van der Waals surface area contributed by atoms with Crippen molar-refractivity contribution in [2.75, 3.05) is 6.67 Å². The van der Waals surface area contributed by atoms with Crippen LogP contribution < -0.4 is 0 Å². The van der Waals surface area contributed by atoms with Gasteiger partial charge in [0.2, 0.25) is 0 Å². The number of allylic oxidation sites excluding steroid dienone is 9. The predicted octanol–water partition coefficient (Wildman–Crippen LogP) is 5.08. The molecule has 2 heteroatoms. The minimum Gasteiger partial charge on any atom is -0.247 e. The van der Waals surface area contributed by atoms with E-state index >= 15 is 0 Å². The van der Waals surface area contributed by atoms with Crippen molar-refractivity contribution in [1.29, 1.82) is 0 Å². The Bertz CT molecular complexity index is 391. The first-order valence-corrected chi connectivity index (χ1v) is 5.49. The standard InChI is InChI=1S/C14H18F2.C2H2/c1-5-7-8-12(11(3)4)13(9-10-15)14(16)6-2;1-2/h5-9H,3,10H2,1-2,4H3;1-2H/b7-5-,12-8+,13-9-,14-6+;. The molecule has 0 aliphatic rings. The van der Waals surface area contributed by atoms with E-state index in [0.717, 1.165) is 0 Å². The summed E-state index contributed by atoms with van der Waals surface area (Å²) in [7, 11) is 0. The molecule has 18 heavy (non-hydrogen) atoms. The first-order chi connectivity index (χ1) is 8.58. The highest BCUT2D eigenvalue weighted by Crippen LogP contribution is 2.25. The number of hydrogen-bond acceptors (Lipinski definition) is 0. The SMILES string of the molecule is C#C.C=C(C)C(=C\C=C/C)/C(=C/CF)C(/F)=C\C. The lowest BCUT2D eigenvalue weighted by atomic mass is 9.98. The fraction of sp³-hybridized carbons (Fsp3) is 0.250. The Morgan fingerprint density at radius 3 is 2.11 bits per heavy atom. The normalized spacial score (nSPS) is 13.2. The average molecular weight is 250 g/mol. The summed E-state index contributed by atoms with van der Waals surface area (Å²) < 4.78 is 25.9. The summed E-state index contributed by atoms with van der Waals surface area (Å²) in [6.07, 6.45) is 15.9. The molecule has 0 aromatic heterocycles. The van der Waals surface area contributed by atoms with Gasteiger partial charge in [0.25, 0.3) is 0 Å². The predicted molar refractivity (Wildman–Crippen MR) is 76.5 cm³/mol. The van der Waals surface area contributed by atoms with Crippen LogP contribution in [0.25, 0.3) is 0 Å². The van der Waals surface area contributed by atoms with E-state index in [1.54, 1.807) is 26.0 Å². The third kappa shape index (κ3) is 6.65. The summed E-state index contributed by atoms with van der Waals surface area (Å²) in [5, 5.41) is 0. The second-order valence-electron chi connectivity index (χ2n) is 3.30. The highest BCUT2D eigenvalue weighted by Gasteiger charge is 2.09. The molecule has 0 nitrogen and oxygen atoms in total. The van der Waals surface area contributed by atoms with Crippen molar-refractivity contribution < 1.29 is 8.78 Å². The maximum Gasteiger partial charge on any atom is 0.126 e. The van der Waals surface area contributed by atoms with Crippen LogP contribution >= 0.6 is 0 Å². The first kappa shape index (κ1) is 18.5. The fourth-order valence-electron chi connectivity index (χ4n) is 1.22. The molecule has 0 fully saturated rings. The van der Waals surface area contributed by atoms with Gasteiger partial charge in [-0.25, -0.2) is 8.78 Å². The zero-order chi connectivity index (χ0) is 14.6. The molecular weight excluding hydrogens is 230 g/mol. The van der Waals surface area contributed by atoms with Crippen molar-refractivity contribution in [3.8, 4) is 12.8 Å². The van der Waals surface area contributed by atoms with E-state index in [2.05, 4.69) is 19.4 Å². The Hall–Kier alpha value is -1.88. The van der Waals surface area contributed by atoms with E-state index in [0.29, 0.717) is 11.1 Å². The maximum absolute atomic E-state index is 13.5. The molecule has 0 N–H and O–H groups in total. The minimum atomic E-state index is -0.697. The van der Waals surface area contributed by atoms with Gasteiger partial charge in [-0.2, -0.15) is 0 Å². The summed E-state index contributed by atoms with van der Waals surface area (Å²) in [6.45, 7) is 8.27. The molecule has 98 valence electrons. The van der Waals surface area contributed by atoms with Crippen LogP contribution in [0.4, 0.5) is 8.78 Å². The summed E-state index contributed by atoms with van der Waals surface area (Å²) in [4.78, 5) is 0. The summed E-state index contributed by atoms with van der Waals surface area (Å²) in [5.74, 6) is -0.434. The van der Waals surface area contributed by atoms with Gasteiger partial charge in [-0.15, -0.1) is 12.8 Å². The van der Waals surface area contributed by atoms with E-state index in [-0.39, 0.29) is 5.57 Å². The zero-order valence-corrected chi connectivity index (χ0v) is 11.2. The van der Waals surface area contributed by atoms with Gasteiger partial charge < -0.3 is 0 Å². The number of halogens is 2. The van der Waals surface area contributed by atoms with Gasteiger partial charge in [0, 0.05) is 5.57 Å². The smallest absolute Gasteiger partial charge is 0.126 e. The molecule has 0 atom stereocenters. The van der Waals surface area contributed by atoms with E-state index in [4.69, 9.17) is 0 Å². The molecule has 0 aromatic rings. The number of terminal acetylenes is 1. The Kier molecular flexibility index (Phi) is 11.9. The van der Waals surface area contributed by atoms with Crippen LogP contribution in [0.1, 0.15) is 20.8 Å². The molecule has 0 unspecified atom stereocenters. The third-order valence-electron chi connectivity index (χ3n) is 2.00. The van der Waals surface area contributed by atoms with Crippen molar-refractivity contribution in [3.05, 3.63) is 59.5 Å². The van der Waals surface area contributed by atoms with E-state index in [1.807, 2.05) is 13.0 Å². The van der Waals surface area contributed by atoms with E-state index < -0.39 is 12.5 Å². The van der Waals surface area contributed by atoms with Gasteiger partial charge in [0.1, 0.15) is 12.5 Å². The van der Waals surface area contributed by atoms with Gasteiger partial charge in [-0.1, -0.05) is 36.5 Å². The van der Waals surface area contributed by atoms with Crippen LogP contribution in [0.2, 0.25) is 0 Å². The molecule has 0 aliphatic heterocycles. The second-order valence-corrected chi connectivity index (χ2v) is 3.30. The quantitative estimate of drug-likeness (QED) is 0.471. The lowest BCUT2D eigenvalue weighted by molar-refractivity contribution is 0.557. The van der Waals surface area contributed by atoms with Crippen LogP contribution in [-0.4, -0.2) is 6.67 Å². The van der Waals surface area contributed by atoms with E-state index in [1.165, 1.54) is 12.2 Å². The Labute approximate surface area is 109 Å². The molecule has 0 aliphatic carbocycles. The highest BCUT2D eigenvalue weighted by atomic mass is 19.1. The van der Waals surface area contributed by atoms with Gasteiger partial charge >= 0.3 is 0 Å². The number of rotatable bonds is 5. The molecule has 0 heterocycles. The maximum atomic E-state index is 13.5. The molecule has 0 saturated carbocycles. The molecule has 0 saturated heterocycles. The van der Waals surface area contributed by atoms with Gasteiger partial charge in [0.05, 0.1) is 0 Å². The van der Waals surface area contributed by atoms with Crippen molar-refractivity contribution in [2.24, 2.45) is 0 Å². The van der Waals surface area contributed by atoms with Crippen molar-refractivity contribution in [2.45, 2.75) is 20.8 Å². The van der Waals surface area contributed by atoms with Crippen molar-refractivity contribution in [1.82, 2.24) is 0 Å². The molecule has 0 aromatic carbocycles. The van der Waals surface area contributed by atoms with Crippen LogP contribution in [0, 0.1) is 12.8 Å². The fourth-order valence-corrected chi connectivity index (χ4v) is 1.22. The zero-order valence-electron chi connectivity index (χ0n) is 11.2. The van der Waals surface area contributed by atoms with Crippen molar-refractivity contribution >= 4 is 0 Å². The van der Waals surface area contributed by atoms with Crippen LogP contribution in [0.5, 0.6) is 0 Å². The van der Waals surface area contributed by atoms with Crippen LogP contribution in [0.3, 0.4) is 0 Å². The second kappa shape index (κ2) is 11.6. The largest absolute Gasteiger partial charge is 0.247 e. The Balaban J connectivity index is 0. The third-order valence-corrected chi connectivity index (χ3v) is 2.00. The van der Waals surface area contributed by atoms with Gasteiger partial charge in [-0.05, 0) is 32.4 Å². The first-order valence-electron chi connectivity index (χ1n) is 5.49. The van der Waals surface area contributed by atoms with Crippen molar-refractivity contribution in [3.63, 3.8) is 0 Å². The van der Waals surface area contributed by atoms with Gasteiger partial charge in [-0.3, -0.25) is 0 Å². The molecular formula is C16H20F2. The molecule has 0 radical (unpaired) electrons. The summed E-state index contributed by atoms with van der Waals surface area (Å²) in [5.41, 5.74) is 1.58. The van der Waals surface area contributed by atoms with Gasteiger partial charge in [0.15, 0.2) is 0 Å². The van der Waals surface area contributed by atoms with E-state index in [9.17, 15) is 8.78 Å². The number of alkyl halides is 1. The monoisotopic (exact) mass is 250 g/mol. The highest BCUT2D eigenvalue weighted by molar-refractivity contribution is 5.53. The molecule has 0 amide bonds. The van der Waals surface area contributed by atoms with Crippen LogP contribution in [0.15, 0.2) is 59.5 Å². The Morgan fingerprint density at radius 1 is 1.22 bits per heavy atom. The lowest BCUT2D eigenvalue weighted by Gasteiger charge is -2.09. The minimum absolute atomic E-state index is 0.260. The molecule has 0 spiro atoms. The molecule has 0 rings (SSSR count). The topological polar surface area (TPSA) is 0 Å². The summed E-state index contributed by atoms with van der Waals surface area (Å²) >= 11 is 0. The Morgan fingerprint density at radius 2 is 1.78 bits per heavy atom. The lowest BCUT2D eigenvalue weighted by Crippen LogP contribution is -1.93. The molecule has 0 bridgehead atoms. The average Bonchev–Trinajstić information content (AvgIpc) is 2.39. The summed E-state index contributed by atoms with van der Waals surface area (Å²) in [6, 6.07) is 0.